The molecule has 1 aliphatic carbocycles. The topological polar surface area (TPSA) is 23.8 Å². The molecule has 0 aliphatic heterocycles. The van der Waals surface area contributed by atoms with Gasteiger partial charge in [-0.25, -0.2) is 0 Å². The summed E-state index contributed by atoms with van der Waals surface area (Å²) in [6, 6.07) is 7.92. The lowest BCUT2D eigenvalue weighted by molar-refractivity contribution is -0.137. The fourth-order valence-electron chi connectivity index (χ4n) is 1.50. The van der Waals surface area contributed by atoms with Crippen LogP contribution < -0.4 is 0 Å². The minimum absolute atomic E-state index is 0.430. The number of nitrogens with zero attached hydrogens (tertiary/aromatic N) is 1. The lowest BCUT2D eigenvalue weighted by Gasteiger charge is -2.10. The van der Waals surface area contributed by atoms with E-state index in [1.807, 2.05) is 0 Å². The predicted molar refractivity (Wildman–Crippen MR) is 46.8 cm³/mol. The monoisotopic (exact) mass is 210 g/mol. The fraction of sp³-hybridized carbons (Fsp3) is 0.364. The molecule has 2 rings (SSSR count). The SMILES string of the molecule is N#CC1(c2c[c]cc(C(F)(F)F)c2)CC1. The number of hydrogen-bond acceptors (Lipinski definition) is 1. The van der Waals surface area contributed by atoms with E-state index in [0.29, 0.717) is 18.4 Å². The third-order valence-electron chi connectivity index (χ3n) is 2.63. The van der Waals surface area contributed by atoms with Crippen LogP contribution in [0, 0.1) is 17.4 Å². The Morgan fingerprint density at radius 3 is 2.47 bits per heavy atom. The van der Waals surface area contributed by atoms with Crippen molar-refractivity contribution in [2.45, 2.75) is 24.4 Å². The Morgan fingerprint density at radius 2 is 2.00 bits per heavy atom. The summed E-state index contributed by atoms with van der Waals surface area (Å²) in [7, 11) is 0. The molecule has 1 aliphatic rings. The Balaban J connectivity index is 2.41. The minimum atomic E-state index is -4.36. The summed E-state index contributed by atoms with van der Waals surface area (Å²) < 4.78 is 37.1. The van der Waals surface area contributed by atoms with Crippen molar-refractivity contribution in [3.8, 4) is 6.07 Å². The molecule has 0 aromatic heterocycles. The largest absolute Gasteiger partial charge is 0.416 e. The highest BCUT2D eigenvalue weighted by Crippen LogP contribution is 2.48. The van der Waals surface area contributed by atoms with Crippen molar-refractivity contribution in [3.63, 3.8) is 0 Å². The molecule has 0 N–H and O–H groups in total. The van der Waals surface area contributed by atoms with Crippen LogP contribution in [0.15, 0.2) is 18.2 Å². The number of halogens is 3. The maximum atomic E-state index is 12.4. The van der Waals surface area contributed by atoms with Crippen LogP contribution >= 0.6 is 0 Å². The first kappa shape index (κ1) is 10.0. The van der Waals surface area contributed by atoms with Crippen molar-refractivity contribution < 1.29 is 13.2 Å². The molecule has 1 nitrogen and oxygen atoms in total. The normalized spacial score (nSPS) is 18.3. The standard InChI is InChI=1S/C11H7F3N/c12-11(13,14)9-3-1-2-8(6-9)10(7-15)4-5-10/h2-3,6H,4-5H2. The van der Waals surface area contributed by atoms with Crippen molar-refractivity contribution in [2.75, 3.05) is 0 Å². The quantitative estimate of drug-likeness (QED) is 0.698. The highest BCUT2D eigenvalue weighted by Gasteiger charge is 2.45. The second-order valence-electron chi connectivity index (χ2n) is 3.70. The zero-order chi connectivity index (χ0) is 11.1. The van der Waals surface area contributed by atoms with Gasteiger partial charge in [-0.3, -0.25) is 0 Å². The lowest BCUT2D eigenvalue weighted by Crippen LogP contribution is -2.09. The number of rotatable bonds is 1. The minimum Gasteiger partial charge on any atom is -0.197 e. The summed E-state index contributed by atoms with van der Waals surface area (Å²) in [4.78, 5) is 0. The number of alkyl halides is 3. The van der Waals surface area contributed by atoms with Crippen LogP contribution in [0.2, 0.25) is 0 Å². The summed E-state index contributed by atoms with van der Waals surface area (Å²) in [5.74, 6) is 0. The highest BCUT2D eigenvalue weighted by molar-refractivity contribution is 5.40. The Labute approximate surface area is 85.1 Å². The maximum absolute atomic E-state index is 12.4. The van der Waals surface area contributed by atoms with E-state index in [1.54, 1.807) is 0 Å². The predicted octanol–water partition coefficient (Wildman–Crippen LogP) is 3.06. The van der Waals surface area contributed by atoms with Crippen LogP contribution in [0.3, 0.4) is 0 Å². The molecular weight excluding hydrogens is 203 g/mol. The van der Waals surface area contributed by atoms with Gasteiger partial charge in [0, 0.05) is 0 Å². The van der Waals surface area contributed by atoms with E-state index in [-0.39, 0.29) is 0 Å². The molecule has 0 spiro atoms. The average Bonchev–Trinajstić information content (AvgIpc) is 2.97. The van der Waals surface area contributed by atoms with Crippen LogP contribution in [0.5, 0.6) is 0 Å². The van der Waals surface area contributed by atoms with Crippen molar-refractivity contribution in [2.24, 2.45) is 0 Å². The first-order chi connectivity index (χ1) is 6.98. The van der Waals surface area contributed by atoms with Gasteiger partial charge in [0.15, 0.2) is 0 Å². The van der Waals surface area contributed by atoms with Gasteiger partial charge in [0.25, 0.3) is 0 Å². The fourth-order valence-corrected chi connectivity index (χ4v) is 1.50. The van der Waals surface area contributed by atoms with Gasteiger partial charge in [-0.2, -0.15) is 18.4 Å². The summed E-state index contributed by atoms with van der Waals surface area (Å²) in [5.41, 5.74) is -0.987. The molecule has 4 heteroatoms. The molecule has 0 unspecified atom stereocenters. The summed E-state index contributed by atoms with van der Waals surface area (Å²) in [6.45, 7) is 0. The third kappa shape index (κ3) is 1.70. The third-order valence-corrected chi connectivity index (χ3v) is 2.63. The van der Waals surface area contributed by atoms with E-state index in [4.69, 9.17) is 5.26 Å². The molecule has 0 atom stereocenters. The maximum Gasteiger partial charge on any atom is 0.416 e. The molecule has 0 bridgehead atoms. The van der Waals surface area contributed by atoms with Gasteiger partial charge in [-0.1, -0.05) is 0 Å². The molecule has 1 aromatic carbocycles. The van der Waals surface area contributed by atoms with Crippen molar-refractivity contribution in [1.29, 1.82) is 5.26 Å². The zero-order valence-corrected chi connectivity index (χ0v) is 7.73. The molecule has 15 heavy (non-hydrogen) atoms. The smallest absolute Gasteiger partial charge is 0.197 e. The van der Waals surface area contributed by atoms with Gasteiger partial charge >= 0.3 is 6.18 Å². The van der Waals surface area contributed by atoms with E-state index in [1.165, 1.54) is 6.07 Å². The van der Waals surface area contributed by atoms with E-state index >= 15 is 0 Å². The first-order valence-electron chi connectivity index (χ1n) is 4.48. The van der Waals surface area contributed by atoms with Crippen LogP contribution in [0.4, 0.5) is 13.2 Å². The molecule has 0 heterocycles. The zero-order valence-electron chi connectivity index (χ0n) is 7.73. The van der Waals surface area contributed by atoms with E-state index in [0.717, 1.165) is 12.1 Å². The van der Waals surface area contributed by atoms with Gasteiger partial charge in [0.2, 0.25) is 0 Å². The number of benzene rings is 1. The lowest BCUT2D eigenvalue weighted by atomic mass is 9.96. The van der Waals surface area contributed by atoms with Crippen molar-refractivity contribution in [3.05, 3.63) is 35.4 Å². The van der Waals surface area contributed by atoms with Crippen LogP contribution in [-0.4, -0.2) is 0 Å². The van der Waals surface area contributed by atoms with Gasteiger partial charge < -0.3 is 0 Å². The molecule has 0 saturated heterocycles. The van der Waals surface area contributed by atoms with Gasteiger partial charge in [0.1, 0.15) is 0 Å². The molecule has 77 valence electrons. The number of nitriles is 1. The van der Waals surface area contributed by atoms with E-state index in [9.17, 15) is 13.2 Å². The molecule has 1 fully saturated rings. The molecule has 1 saturated carbocycles. The second-order valence-corrected chi connectivity index (χ2v) is 3.70. The number of hydrogen-bond donors (Lipinski definition) is 0. The van der Waals surface area contributed by atoms with Crippen LogP contribution in [0.1, 0.15) is 24.0 Å². The Morgan fingerprint density at radius 1 is 1.33 bits per heavy atom. The van der Waals surface area contributed by atoms with Gasteiger partial charge in [-0.05, 0) is 42.7 Å². The average molecular weight is 210 g/mol. The highest BCUT2D eigenvalue weighted by atomic mass is 19.4. The summed E-state index contributed by atoms with van der Waals surface area (Å²) in [5, 5.41) is 8.86. The van der Waals surface area contributed by atoms with Gasteiger partial charge in [0.05, 0.1) is 17.0 Å². The Kier molecular flexibility index (Phi) is 2.00. The van der Waals surface area contributed by atoms with Crippen LogP contribution in [-0.2, 0) is 11.6 Å². The Bertz CT molecular complexity index is 424. The van der Waals surface area contributed by atoms with E-state index < -0.39 is 17.2 Å². The molecule has 0 amide bonds. The van der Waals surface area contributed by atoms with Crippen molar-refractivity contribution >= 4 is 0 Å². The summed E-state index contributed by atoms with van der Waals surface area (Å²) in [6.07, 6.45) is -3.09. The molecule has 1 radical (unpaired) electrons. The first-order valence-corrected chi connectivity index (χ1v) is 4.48. The van der Waals surface area contributed by atoms with Crippen LogP contribution in [0.25, 0.3) is 0 Å². The van der Waals surface area contributed by atoms with E-state index in [2.05, 4.69) is 12.1 Å². The second kappa shape index (κ2) is 2.99. The summed E-state index contributed by atoms with van der Waals surface area (Å²) >= 11 is 0. The van der Waals surface area contributed by atoms with Crippen molar-refractivity contribution in [1.82, 2.24) is 0 Å². The molecule has 1 aromatic rings. The van der Waals surface area contributed by atoms with Gasteiger partial charge in [-0.15, -0.1) is 0 Å². The molecular formula is C11H7F3N. The Hall–Kier alpha value is -1.50.